The van der Waals surface area contributed by atoms with Crippen molar-refractivity contribution in [2.24, 2.45) is 0 Å². The van der Waals surface area contributed by atoms with Gasteiger partial charge in [0.1, 0.15) is 11.5 Å². The van der Waals surface area contributed by atoms with E-state index in [0.29, 0.717) is 17.4 Å². The first-order valence-electron chi connectivity index (χ1n) is 7.16. The van der Waals surface area contributed by atoms with E-state index >= 15 is 0 Å². The first kappa shape index (κ1) is 15.5. The van der Waals surface area contributed by atoms with Crippen LogP contribution in [-0.4, -0.2) is 39.8 Å². The van der Waals surface area contributed by atoms with Crippen molar-refractivity contribution in [1.82, 2.24) is 4.90 Å². The summed E-state index contributed by atoms with van der Waals surface area (Å²) in [4.78, 5) is 36.2. The third kappa shape index (κ3) is 2.54. The van der Waals surface area contributed by atoms with E-state index in [2.05, 4.69) is 0 Å². The number of amides is 2. The summed E-state index contributed by atoms with van der Waals surface area (Å²) < 4.78 is 0. The molecular weight excluding hydrogens is 310 g/mol. The maximum Gasteiger partial charge on any atom is 0.261 e. The standard InChI is InChI=1S/C18H13NO5/c20-10-12-9-15(21)11(8-16(12)22)4-3-7-19-17(23)13-5-1-2-6-14(13)18(19)24/h1-6,8-10,21-22H,7H2/b4-3+. The first-order valence-corrected chi connectivity index (χ1v) is 7.16. The lowest BCUT2D eigenvalue weighted by molar-refractivity contribution is 0.0672. The van der Waals surface area contributed by atoms with Crippen molar-refractivity contribution >= 4 is 24.2 Å². The Morgan fingerprint density at radius 3 is 2.04 bits per heavy atom. The molecule has 2 N–H and O–H groups in total. The van der Waals surface area contributed by atoms with Crippen LogP contribution in [0.1, 0.15) is 36.6 Å². The SMILES string of the molecule is O=Cc1cc(O)c(/C=C/CN2C(=O)c3ccccc3C2=O)cc1O. The van der Waals surface area contributed by atoms with Gasteiger partial charge in [0.2, 0.25) is 0 Å². The minimum absolute atomic E-state index is 0.0231. The smallest absolute Gasteiger partial charge is 0.261 e. The van der Waals surface area contributed by atoms with Gasteiger partial charge in [0.05, 0.1) is 16.7 Å². The molecule has 6 nitrogen and oxygen atoms in total. The summed E-state index contributed by atoms with van der Waals surface area (Å²) in [5, 5.41) is 19.5. The highest BCUT2D eigenvalue weighted by atomic mass is 16.3. The Bertz CT molecular complexity index is 850. The number of hydrogen-bond donors (Lipinski definition) is 2. The summed E-state index contributed by atoms with van der Waals surface area (Å²) in [6.45, 7) is 0.0297. The van der Waals surface area contributed by atoms with Gasteiger partial charge in [-0.15, -0.1) is 0 Å². The largest absolute Gasteiger partial charge is 0.507 e. The Morgan fingerprint density at radius 2 is 1.46 bits per heavy atom. The van der Waals surface area contributed by atoms with Crippen LogP contribution in [0.5, 0.6) is 11.5 Å². The number of rotatable bonds is 4. The minimum Gasteiger partial charge on any atom is -0.507 e. The van der Waals surface area contributed by atoms with Crippen LogP contribution in [0.3, 0.4) is 0 Å². The van der Waals surface area contributed by atoms with E-state index in [0.717, 1.165) is 11.0 Å². The molecule has 2 aromatic rings. The maximum atomic E-state index is 12.2. The van der Waals surface area contributed by atoms with Gasteiger partial charge < -0.3 is 10.2 Å². The molecule has 2 aromatic carbocycles. The fourth-order valence-electron chi connectivity index (χ4n) is 2.53. The summed E-state index contributed by atoms with van der Waals surface area (Å²) in [7, 11) is 0. The molecule has 1 aliphatic rings. The molecule has 0 unspecified atom stereocenters. The molecule has 0 atom stereocenters. The van der Waals surface area contributed by atoms with E-state index in [4.69, 9.17) is 0 Å². The molecular formula is C18H13NO5. The number of carbonyl (C=O) groups excluding carboxylic acids is 3. The lowest BCUT2D eigenvalue weighted by Gasteiger charge is -2.10. The molecule has 24 heavy (non-hydrogen) atoms. The molecule has 0 bridgehead atoms. The molecule has 120 valence electrons. The minimum atomic E-state index is -0.372. The normalized spacial score (nSPS) is 13.6. The van der Waals surface area contributed by atoms with Gasteiger partial charge in [-0.05, 0) is 24.3 Å². The van der Waals surface area contributed by atoms with E-state index in [9.17, 15) is 24.6 Å². The van der Waals surface area contributed by atoms with Gasteiger partial charge in [0.25, 0.3) is 11.8 Å². The summed E-state index contributed by atoms with van der Waals surface area (Å²) in [5.41, 5.74) is 0.984. The predicted octanol–water partition coefficient (Wildman–Crippen LogP) is 2.22. The second kappa shape index (κ2) is 6.00. The lowest BCUT2D eigenvalue weighted by Crippen LogP contribution is -2.29. The van der Waals surface area contributed by atoms with Crippen molar-refractivity contribution in [2.75, 3.05) is 6.54 Å². The molecule has 0 aliphatic carbocycles. The highest BCUT2D eigenvalue weighted by Crippen LogP contribution is 2.27. The zero-order valence-corrected chi connectivity index (χ0v) is 12.5. The summed E-state index contributed by atoms with van der Waals surface area (Å²) in [5.74, 6) is -1.19. The Balaban J connectivity index is 1.79. The van der Waals surface area contributed by atoms with E-state index in [1.807, 2.05) is 0 Å². The highest BCUT2D eigenvalue weighted by Gasteiger charge is 2.34. The molecule has 6 heteroatoms. The van der Waals surface area contributed by atoms with Crippen molar-refractivity contribution < 1.29 is 24.6 Å². The molecule has 0 saturated carbocycles. The number of imide groups is 1. The Kier molecular flexibility index (Phi) is 3.87. The van der Waals surface area contributed by atoms with Crippen molar-refractivity contribution in [3.8, 4) is 11.5 Å². The summed E-state index contributed by atoms with van der Waals surface area (Å²) >= 11 is 0. The number of benzene rings is 2. The molecule has 0 spiro atoms. The zero-order chi connectivity index (χ0) is 17.3. The van der Waals surface area contributed by atoms with Crippen LogP contribution < -0.4 is 0 Å². The second-order valence-corrected chi connectivity index (χ2v) is 5.26. The van der Waals surface area contributed by atoms with Crippen LogP contribution in [-0.2, 0) is 0 Å². The van der Waals surface area contributed by atoms with Crippen molar-refractivity contribution in [1.29, 1.82) is 0 Å². The molecule has 0 saturated heterocycles. The van der Waals surface area contributed by atoms with Crippen molar-refractivity contribution in [3.05, 3.63) is 64.7 Å². The average Bonchev–Trinajstić information content (AvgIpc) is 2.83. The molecule has 3 rings (SSSR count). The molecule has 0 fully saturated rings. The van der Waals surface area contributed by atoms with Crippen LogP contribution in [0.15, 0.2) is 42.5 Å². The number of fused-ring (bicyclic) bond motifs is 1. The Labute approximate surface area is 137 Å². The number of carbonyl (C=O) groups is 3. The third-order valence-corrected chi connectivity index (χ3v) is 3.77. The number of phenols is 2. The van der Waals surface area contributed by atoms with Crippen molar-refractivity contribution in [3.63, 3.8) is 0 Å². The molecule has 0 radical (unpaired) electrons. The number of nitrogens with zero attached hydrogens (tertiary/aromatic N) is 1. The molecule has 2 amide bonds. The number of hydrogen-bond acceptors (Lipinski definition) is 5. The van der Waals surface area contributed by atoms with Crippen LogP contribution in [0.2, 0.25) is 0 Å². The first-order chi connectivity index (χ1) is 11.5. The van der Waals surface area contributed by atoms with E-state index in [1.54, 1.807) is 24.3 Å². The lowest BCUT2D eigenvalue weighted by atomic mass is 10.1. The van der Waals surface area contributed by atoms with Crippen LogP contribution in [0, 0.1) is 0 Å². The van der Waals surface area contributed by atoms with Gasteiger partial charge in [-0.2, -0.15) is 0 Å². The number of aldehydes is 1. The topological polar surface area (TPSA) is 94.9 Å². The predicted molar refractivity (Wildman–Crippen MR) is 86.0 cm³/mol. The highest BCUT2D eigenvalue weighted by molar-refractivity contribution is 6.21. The van der Waals surface area contributed by atoms with Gasteiger partial charge in [-0.25, -0.2) is 0 Å². The van der Waals surface area contributed by atoms with E-state index in [-0.39, 0.29) is 41.0 Å². The zero-order valence-electron chi connectivity index (χ0n) is 12.5. The van der Waals surface area contributed by atoms with Crippen LogP contribution in [0.4, 0.5) is 0 Å². The average molecular weight is 323 g/mol. The van der Waals surface area contributed by atoms with Crippen molar-refractivity contribution in [2.45, 2.75) is 0 Å². The second-order valence-electron chi connectivity index (χ2n) is 5.26. The number of aromatic hydroxyl groups is 2. The van der Waals surface area contributed by atoms with Gasteiger partial charge >= 0.3 is 0 Å². The Morgan fingerprint density at radius 1 is 0.917 bits per heavy atom. The van der Waals surface area contributed by atoms with Crippen LogP contribution >= 0.6 is 0 Å². The Hall–Kier alpha value is -3.41. The summed E-state index contributed by atoms with van der Waals surface area (Å²) in [6, 6.07) is 8.96. The van der Waals surface area contributed by atoms with Gasteiger partial charge in [0.15, 0.2) is 6.29 Å². The van der Waals surface area contributed by atoms with Gasteiger partial charge in [-0.3, -0.25) is 19.3 Å². The maximum absolute atomic E-state index is 12.2. The van der Waals surface area contributed by atoms with Crippen LogP contribution in [0.25, 0.3) is 6.08 Å². The fraction of sp³-hybridized carbons (Fsp3) is 0.0556. The quantitative estimate of drug-likeness (QED) is 0.511. The number of phenolic OH excluding ortho intramolecular Hbond substituents is 2. The van der Waals surface area contributed by atoms with Gasteiger partial charge in [0, 0.05) is 12.1 Å². The monoisotopic (exact) mass is 323 g/mol. The molecule has 0 aromatic heterocycles. The fourth-order valence-corrected chi connectivity index (χ4v) is 2.53. The summed E-state index contributed by atoms with van der Waals surface area (Å²) in [6.07, 6.45) is 3.42. The molecule has 1 aliphatic heterocycles. The van der Waals surface area contributed by atoms with E-state index in [1.165, 1.54) is 18.2 Å². The third-order valence-electron chi connectivity index (χ3n) is 3.77. The van der Waals surface area contributed by atoms with E-state index < -0.39 is 0 Å². The molecule has 1 heterocycles. The van der Waals surface area contributed by atoms with Gasteiger partial charge in [-0.1, -0.05) is 24.3 Å².